The zero-order valence-electron chi connectivity index (χ0n) is 11.1. The molecular formula is C12H19ClN2O3S. The van der Waals surface area contributed by atoms with Gasteiger partial charge in [-0.1, -0.05) is 6.92 Å². The summed E-state index contributed by atoms with van der Waals surface area (Å²) in [5.41, 5.74) is 0. The molecule has 0 radical (unpaired) electrons. The highest BCUT2D eigenvalue weighted by Crippen LogP contribution is 2.20. The van der Waals surface area contributed by atoms with Gasteiger partial charge in [-0.2, -0.15) is 0 Å². The molecule has 1 saturated heterocycles. The molecular weight excluding hydrogens is 288 g/mol. The van der Waals surface area contributed by atoms with E-state index in [1.54, 1.807) is 10.4 Å². The summed E-state index contributed by atoms with van der Waals surface area (Å²) in [6.07, 6.45) is 2.07. The van der Waals surface area contributed by atoms with Crippen LogP contribution >= 0.6 is 11.6 Å². The molecule has 7 heteroatoms. The van der Waals surface area contributed by atoms with Crippen LogP contribution in [0.2, 0.25) is 5.22 Å². The Morgan fingerprint density at radius 2 is 2.26 bits per heavy atom. The van der Waals surface area contributed by atoms with Crippen molar-refractivity contribution in [1.29, 1.82) is 0 Å². The maximum atomic E-state index is 11.5. The summed E-state index contributed by atoms with van der Waals surface area (Å²) >= 11 is 5.71. The lowest BCUT2D eigenvalue weighted by atomic mass is 9.95. The summed E-state index contributed by atoms with van der Waals surface area (Å²) in [6, 6.07) is 3.85. The predicted octanol–water partition coefficient (Wildman–Crippen LogP) is 1.69. The minimum Gasteiger partial charge on any atom is -0.448 e. The molecule has 0 unspecified atom stereocenters. The topological polar surface area (TPSA) is 62.6 Å². The van der Waals surface area contributed by atoms with Crippen LogP contribution in [0.15, 0.2) is 16.5 Å². The lowest BCUT2D eigenvalue weighted by Gasteiger charge is -2.35. The summed E-state index contributed by atoms with van der Waals surface area (Å²) in [7, 11) is -3.08. The predicted molar refractivity (Wildman–Crippen MR) is 74.5 cm³/mol. The van der Waals surface area contributed by atoms with Crippen LogP contribution in [0.3, 0.4) is 0 Å². The number of nitrogens with one attached hydrogen (secondary N) is 1. The van der Waals surface area contributed by atoms with Gasteiger partial charge in [0.2, 0.25) is 10.0 Å². The molecule has 1 N–H and O–H groups in total. The molecule has 0 aliphatic carbocycles. The van der Waals surface area contributed by atoms with Crippen molar-refractivity contribution in [2.75, 3.05) is 19.3 Å². The Kier molecular flexibility index (Phi) is 4.55. The van der Waals surface area contributed by atoms with E-state index in [0.717, 1.165) is 12.2 Å². The van der Waals surface area contributed by atoms with E-state index in [9.17, 15) is 8.42 Å². The number of sulfonamides is 1. The number of furan rings is 1. The first kappa shape index (κ1) is 14.8. The Morgan fingerprint density at radius 1 is 1.53 bits per heavy atom. The Balaban J connectivity index is 1.86. The highest BCUT2D eigenvalue weighted by Gasteiger charge is 2.30. The molecule has 0 saturated carbocycles. The summed E-state index contributed by atoms with van der Waals surface area (Å²) in [4.78, 5) is 0. The minimum absolute atomic E-state index is 0.272. The normalized spacial score (nSPS) is 25.6. The van der Waals surface area contributed by atoms with Gasteiger partial charge in [-0.15, -0.1) is 0 Å². The third kappa shape index (κ3) is 3.95. The van der Waals surface area contributed by atoms with E-state index in [2.05, 4.69) is 12.2 Å². The van der Waals surface area contributed by atoms with Gasteiger partial charge >= 0.3 is 0 Å². The second kappa shape index (κ2) is 5.83. The molecule has 2 rings (SSSR count). The van der Waals surface area contributed by atoms with Gasteiger partial charge in [0.25, 0.3) is 0 Å². The van der Waals surface area contributed by atoms with Crippen molar-refractivity contribution < 1.29 is 12.8 Å². The number of hydrogen-bond donors (Lipinski definition) is 1. The van der Waals surface area contributed by atoms with Crippen molar-refractivity contribution in [3.8, 4) is 0 Å². The Hall–Kier alpha value is -0.560. The van der Waals surface area contributed by atoms with Gasteiger partial charge in [0, 0.05) is 19.1 Å². The second-order valence-electron chi connectivity index (χ2n) is 5.08. The van der Waals surface area contributed by atoms with E-state index in [1.807, 2.05) is 6.07 Å². The van der Waals surface area contributed by atoms with Crippen LogP contribution in [-0.4, -0.2) is 38.1 Å². The summed E-state index contributed by atoms with van der Waals surface area (Å²) < 4.78 is 29.8. The SMILES string of the molecule is C[C@@H]1CN(S(C)(=O)=O)CC[C@@H]1NCc1ccc(Cl)o1. The van der Waals surface area contributed by atoms with Crippen LogP contribution in [-0.2, 0) is 16.6 Å². The van der Waals surface area contributed by atoms with Gasteiger partial charge in [-0.05, 0) is 36.1 Å². The third-order valence-corrected chi connectivity index (χ3v) is 4.98. The van der Waals surface area contributed by atoms with Crippen LogP contribution in [0.1, 0.15) is 19.1 Å². The molecule has 2 atom stereocenters. The minimum atomic E-state index is -3.08. The first-order chi connectivity index (χ1) is 8.86. The molecule has 0 bridgehead atoms. The molecule has 1 fully saturated rings. The molecule has 5 nitrogen and oxygen atoms in total. The van der Waals surface area contributed by atoms with Gasteiger partial charge in [0.15, 0.2) is 5.22 Å². The van der Waals surface area contributed by atoms with Crippen LogP contribution in [0.25, 0.3) is 0 Å². The van der Waals surface area contributed by atoms with E-state index in [0.29, 0.717) is 30.9 Å². The van der Waals surface area contributed by atoms with Gasteiger partial charge in [-0.3, -0.25) is 0 Å². The van der Waals surface area contributed by atoms with E-state index in [1.165, 1.54) is 6.26 Å². The van der Waals surface area contributed by atoms with Crippen molar-refractivity contribution >= 4 is 21.6 Å². The standard InChI is InChI=1S/C12H19ClN2O3S/c1-9-8-15(19(2,16)17)6-5-11(9)14-7-10-3-4-12(13)18-10/h3-4,9,11,14H,5-8H2,1-2H3/t9-,11+/m1/s1. The highest BCUT2D eigenvalue weighted by atomic mass is 35.5. The molecule has 1 aliphatic rings. The van der Waals surface area contributed by atoms with E-state index in [4.69, 9.17) is 16.0 Å². The first-order valence-corrected chi connectivity index (χ1v) is 8.51. The van der Waals surface area contributed by atoms with Gasteiger partial charge in [-0.25, -0.2) is 12.7 Å². The van der Waals surface area contributed by atoms with Crippen LogP contribution in [0, 0.1) is 5.92 Å². The number of nitrogens with zero attached hydrogens (tertiary/aromatic N) is 1. The second-order valence-corrected chi connectivity index (χ2v) is 7.44. The van der Waals surface area contributed by atoms with E-state index in [-0.39, 0.29) is 5.92 Å². The maximum Gasteiger partial charge on any atom is 0.211 e. The molecule has 1 aromatic rings. The quantitative estimate of drug-likeness (QED) is 0.919. The average molecular weight is 307 g/mol. The van der Waals surface area contributed by atoms with Gasteiger partial charge in [0.05, 0.1) is 12.8 Å². The molecule has 0 spiro atoms. The number of halogens is 1. The van der Waals surface area contributed by atoms with Gasteiger partial charge in [0.1, 0.15) is 5.76 Å². The Morgan fingerprint density at radius 3 is 2.79 bits per heavy atom. The largest absolute Gasteiger partial charge is 0.448 e. The van der Waals surface area contributed by atoms with Crippen molar-refractivity contribution in [3.63, 3.8) is 0 Å². The smallest absolute Gasteiger partial charge is 0.211 e. The summed E-state index contributed by atoms with van der Waals surface area (Å²) in [6.45, 7) is 3.81. The molecule has 0 amide bonds. The first-order valence-electron chi connectivity index (χ1n) is 6.29. The summed E-state index contributed by atoms with van der Waals surface area (Å²) in [5.74, 6) is 1.07. The van der Waals surface area contributed by atoms with Gasteiger partial charge < -0.3 is 9.73 Å². The number of rotatable bonds is 4. The van der Waals surface area contributed by atoms with Crippen LogP contribution < -0.4 is 5.32 Å². The summed E-state index contributed by atoms with van der Waals surface area (Å²) in [5, 5.41) is 3.78. The van der Waals surface area contributed by atoms with Crippen LogP contribution in [0.4, 0.5) is 0 Å². The lowest BCUT2D eigenvalue weighted by molar-refractivity contribution is 0.217. The van der Waals surface area contributed by atoms with Crippen molar-refractivity contribution in [2.24, 2.45) is 5.92 Å². The van der Waals surface area contributed by atoms with Crippen LogP contribution in [0.5, 0.6) is 0 Å². The van der Waals surface area contributed by atoms with Crippen molar-refractivity contribution in [1.82, 2.24) is 9.62 Å². The monoisotopic (exact) mass is 306 g/mol. The molecule has 19 heavy (non-hydrogen) atoms. The lowest BCUT2D eigenvalue weighted by Crippen LogP contribution is -2.49. The number of piperidine rings is 1. The highest BCUT2D eigenvalue weighted by molar-refractivity contribution is 7.88. The Bertz CT molecular complexity index is 529. The fourth-order valence-corrected chi connectivity index (χ4v) is 3.50. The Labute approximate surface area is 119 Å². The fraction of sp³-hybridized carbons (Fsp3) is 0.667. The zero-order chi connectivity index (χ0) is 14.0. The third-order valence-electron chi connectivity index (χ3n) is 3.50. The molecule has 2 heterocycles. The molecule has 0 aromatic carbocycles. The van der Waals surface area contributed by atoms with E-state index >= 15 is 0 Å². The maximum absolute atomic E-state index is 11.5. The zero-order valence-corrected chi connectivity index (χ0v) is 12.7. The van der Waals surface area contributed by atoms with Crippen molar-refractivity contribution in [3.05, 3.63) is 23.1 Å². The van der Waals surface area contributed by atoms with Crippen molar-refractivity contribution in [2.45, 2.75) is 25.9 Å². The molecule has 108 valence electrons. The number of hydrogen-bond acceptors (Lipinski definition) is 4. The fourth-order valence-electron chi connectivity index (χ4n) is 2.39. The molecule has 1 aliphatic heterocycles. The average Bonchev–Trinajstić information content (AvgIpc) is 2.72. The molecule has 1 aromatic heterocycles. The van der Waals surface area contributed by atoms with E-state index < -0.39 is 10.0 Å².